The van der Waals surface area contributed by atoms with E-state index in [-0.39, 0.29) is 11.5 Å². The third-order valence-corrected chi connectivity index (χ3v) is 6.04. The highest BCUT2D eigenvalue weighted by molar-refractivity contribution is 7.13. The van der Waals surface area contributed by atoms with Crippen LogP contribution in [0.1, 0.15) is 28.3 Å². The molecule has 2 N–H and O–H groups in total. The summed E-state index contributed by atoms with van der Waals surface area (Å²) in [5.74, 6) is 0.723. The zero-order valence-electron chi connectivity index (χ0n) is 17.3. The number of halogens is 3. The van der Waals surface area contributed by atoms with Crippen molar-refractivity contribution in [1.29, 1.82) is 0 Å². The summed E-state index contributed by atoms with van der Waals surface area (Å²) in [6, 6.07) is 20.6. The standard InChI is InChI=1S/C25H21F3N2OS/c1-31-19-12-10-18(11-13-19)21(23-15-32-24(29)30-23)14-16-6-8-17(9-7-16)20-4-2-3-5-22(20)25(26,27)28/h2-13,15,21H,14H2,1H3,(H2,29,30). The van der Waals surface area contributed by atoms with E-state index >= 15 is 0 Å². The highest BCUT2D eigenvalue weighted by Crippen LogP contribution is 2.37. The molecule has 0 aliphatic heterocycles. The Balaban J connectivity index is 1.64. The van der Waals surface area contributed by atoms with E-state index in [1.165, 1.54) is 23.5 Å². The van der Waals surface area contributed by atoms with E-state index in [9.17, 15) is 13.2 Å². The van der Waals surface area contributed by atoms with Crippen LogP contribution in [-0.4, -0.2) is 12.1 Å². The van der Waals surface area contributed by atoms with Gasteiger partial charge in [0.25, 0.3) is 0 Å². The van der Waals surface area contributed by atoms with E-state index < -0.39 is 11.7 Å². The van der Waals surface area contributed by atoms with Gasteiger partial charge in [0.15, 0.2) is 5.13 Å². The van der Waals surface area contributed by atoms with Crippen LogP contribution in [0.5, 0.6) is 5.75 Å². The SMILES string of the molecule is COc1ccc(C(Cc2ccc(-c3ccccc3C(F)(F)F)cc2)c2csc(N)n2)cc1. The number of nitrogens with zero attached hydrogens (tertiary/aromatic N) is 1. The molecule has 0 aliphatic carbocycles. The predicted molar refractivity (Wildman–Crippen MR) is 122 cm³/mol. The number of nitrogens with two attached hydrogens (primary N) is 1. The molecule has 7 heteroatoms. The first-order chi connectivity index (χ1) is 15.3. The molecule has 0 amide bonds. The van der Waals surface area contributed by atoms with Gasteiger partial charge in [-0.05, 0) is 46.9 Å². The first kappa shape index (κ1) is 21.9. The average Bonchev–Trinajstić information content (AvgIpc) is 3.23. The van der Waals surface area contributed by atoms with Gasteiger partial charge < -0.3 is 10.5 Å². The molecule has 4 rings (SSSR count). The summed E-state index contributed by atoms with van der Waals surface area (Å²) in [6.07, 6.45) is -3.77. The molecule has 1 atom stereocenters. The van der Waals surface area contributed by atoms with Crippen LogP contribution in [0.2, 0.25) is 0 Å². The minimum absolute atomic E-state index is 0.0391. The summed E-state index contributed by atoms with van der Waals surface area (Å²) < 4.78 is 45.4. The van der Waals surface area contributed by atoms with Crippen molar-refractivity contribution in [3.05, 3.63) is 101 Å². The van der Waals surface area contributed by atoms with Gasteiger partial charge in [0.05, 0.1) is 18.4 Å². The molecule has 4 aromatic rings. The van der Waals surface area contributed by atoms with Gasteiger partial charge in [0.1, 0.15) is 5.75 Å². The Morgan fingerprint density at radius 3 is 2.25 bits per heavy atom. The fraction of sp³-hybridized carbons (Fsp3) is 0.160. The quantitative estimate of drug-likeness (QED) is 0.349. The van der Waals surface area contributed by atoms with Crippen LogP contribution < -0.4 is 10.5 Å². The molecule has 0 bridgehead atoms. The van der Waals surface area contributed by atoms with E-state index in [1.807, 2.05) is 41.8 Å². The monoisotopic (exact) mass is 454 g/mol. The molecular formula is C25H21F3N2OS. The predicted octanol–water partition coefficient (Wildman–Crippen LogP) is 6.79. The Morgan fingerprint density at radius 2 is 1.66 bits per heavy atom. The van der Waals surface area contributed by atoms with Crippen LogP contribution in [0.3, 0.4) is 0 Å². The molecule has 3 aromatic carbocycles. The second-order valence-electron chi connectivity index (χ2n) is 7.38. The van der Waals surface area contributed by atoms with E-state index in [0.29, 0.717) is 17.1 Å². The molecule has 1 unspecified atom stereocenters. The van der Waals surface area contributed by atoms with Gasteiger partial charge in [-0.1, -0.05) is 54.6 Å². The molecule has 0 fully saturated rings. The topological polar surface area (TPSA) is 48.1 Å². The smallest absolute Gasteiger partial charge is 0.417 e. The second kappa shape index (κ2) is 9.04. The van der Waals surface area contributed by atoms with Crippen molar-refractivity contribution in [1.82, 2.24) is 4.98 Å². The van der Waals surface area contributed by atoms with Crippen LogP contribution in [0.4, 0.5) is 18.3 Å². The van der Waals surface area contributed by atoms with Crippen molar-refractivity contribution in [3.8, 4) is 16.9 Å². The van der Waals surface area contributed by atoms with E-state index in [1.54, 1.807) is 25.3 Å². The summed E-state index contributed by atoms with van der Waals surface area (Å²) in [4.78, 5) is 4.47. The number of hydrogen-bond acceptors (Lipinski definition) is 4. The maximum atomic E-state index is 13.4. The minimum Gasteiger partial charge on any atom is -0.497 e. The van der Waals surface area contributed by atoms with Gasteiger partial charge >= 0.3 is 6.18 Å². The molecule has 0 radical (unpaired) electrons. The van der Waals surface area contributed by atoms with Crippen LogP contribution in [0, 0.1) is 0 Å². The van der Waals surface area contributed by atoms with E-state index in [2.05, 4.69) is 4.98 Å². The highest BCUT2D eigenvalue weighted by atomic mass is 32.1. The molecule has 1 heterocycles. The molecule has 3 nitrogen and oxygen atoms in total. The molecule has 0 spiro atoms. The minimum atomic E-state index is -4.40. The van der Waals surface area contributed by atoms with E-state index in [0.717, 1.165) is 28.6 Å². The van der Waals surface area contributed by atoms with E-state index in [4.69, 9.17) is 10.5 Å². The summed E-state index contributed by atoms with van der Waals surface area (Å²) in [6.45, 7) is 0. The number of thiazole rings is 1. The molecule has 0 saturated heterocycles. The first-order valence-corrected chi connectivity index (χ1v) is 10.8. The van der Waals surface area contributed by atoms with Crippen molar-refractivity contribution < 1.29 is 17.9 Å². The Kier molecular flexibility index (Phi) is 6.19. The molecular weight excluding hydrogens is 433 g/mol. The van der Waals surface area contributed by atoms with Gasteiger partial charge in [-0.2, -0.15) is 13.2 Å². The van der Waals surface area contributed by atoms with Crippen molar-refractivity contribution in [2.75, 3.05) is 12.8 Å². The van der Waals surface area contributed by atoms with Crippen LogP contribution in [0.15, 0.2) is 78.2 Å². The third-order valence-electron chi connectivity index (χ3n) is 5.35. The Morgan fingerprint density at radius 1 is 0.969 bits per heavy atom. The number of nitrogen functional groups attached to an aromatic ring is 1. The fourth-order valence-corrected chi connectivity index (χ4v) is 4.34. The van der Waals surface area contributed by atoms with Crippen molar-refractivity contribution in [2.24, 2.45) is 0 Å². The lowest BCUT2D eigenvalue weighted by atomic mass is 9.89. The van der Waals surface area contributed by atoms with Gasteiger partial charge in [-0.3, -0.25) is 0 Å². The van der Waals surface area contributed by atoms with Crippen molar-refractivity contribution >= 4 is 16.5 Å². The largest absolute Gasteiger partial charge is 0.497 e. The molecule has 1 aromatic heterocycles. The lowest BCUT2D eigenvalue weighted by molar-refractivity contribution is -0.137. The number of alkyl halides is 3. The Labute approximate surface area is 188 Å². The number of anilines is 1. The Bertz CT molecular complexity index is 1190. The lowest BCUT2D eigenvalue weighted by Gasteiger charge is -2.17. The molecule has 0 aliphatic rings. The number of hydrogen-bond donors (Lipinski definition) is 1. The summed E-state index contributed by atoms with van der Waals surface area (Å²) >= 11 is 1.38. The zero-order valence-corrected chi connectivity index (χ0v) is 18.1. The summed E-state index contributed by atoms with van der Waals surface area (Å²) in [5.41, 5.74) is 8.84. The number of benzene rings is 3. The number of ether oxygens (including phenoxy) is 1. The lowest BCUT2D eigenvalue weighted by Crippen LogP contribution is -2.07. The zero-order chi connectivity index (χ0) is 22.7. The average molecular weight is 455 g/mol. The summed E-state index contributed by atoms with van der Waals surface area (Å²) in [5, 5.41) is 2.44. The summed E-state index contributed by atoms with van der Waals surface area (Å²) in [7, 11) is 1.62. The van der Waals surface area contributed by atoms with Gasteiger partial charge in [-0.25, -0.2) is 4.98 Å². The van der Waals surface area contributed by atoms with Crippen molar-refractivity contribution in [3.63, 3.8) is 0 Å². The maximum absolute atomic E-state index is 13.4. The normalized spacial score (nSPS) is 12.5. The number of aromatic nitrogens is 1. The van der Waals surface area contributed by atoms with Gasteiger partial charge in [0.2, 0.25) is 0 Å². The van der Waals surface area contributed by atoms with Crippen LogP contribution >= 0.6 is 11.3 Å². The van der Waals surface area contributed by atoms with Crippen LogP contribution in [0.25, 0.3) is 11.1 Å². The molecule has 0 saturated carbocycles. The third kappa shape index (κ3) is 4.78. The van der Waals surface area contributed by atoms with Crippen LogP contribution in [-0.2, 0) is 12.6 Å². The molecule has 32 heavy (non-hydrogen) atoms. The second-order valence-corrected chi connectivity index (χ2v) is 8.27. The maximum Gasteiger partial charge on any atom is 0.417 e. The van der Waals surface area contributed by atoms with Gasteiger partial charge in [-0.15, -0.1) is 11.3 Å². The molecule has 164 valence electrons. The first-order valence-electron chi connectivity index (χ1n) is 9.95. The number of methoxy groups -OCH3 is 1. The van der Waals surface area contributed by atoms with Crippen molar-refractivity contribution in [2.45, 2.75) is 18.5 Å². The van der Waals surface area contributed by atoms with Gasteiger partial charge in [0, 0.05) is 11.3 Å². The number of rotatable bonds is 6. The Hall–Kier alpha value is -3.32. The fourth-order valence-electron chi connectivity index (χ4n) is 3.73. The highest BCUT2D eigenvalue weighted by Gasteiger charge is 2.33.